The Balaban J connectivity index is 0.000000461. The smallest absolute Gasteiger partial charge is 0.0833 e. The van der Waals surface area contributed by atoms with Crippen molar-refractivity contribution < 1.29 is 0 Å². The van der Waals surface area contributed by atoms with Crippen LogP contribution in [-0.4, -0.2) is 10.2 Å². The van der Waals surface area contributed by atoms with Crippen LogP contribution in [0.3, 0.4) is 0 Å². The molecule has 0 saturated heterocycles. The van der Waals surface area contributed by atoms with Crippen molar-refractivity contribution in [2.75, 3.05) is 0 Å². The molecule has 0 saturated carbocycles. The molecule has 14 heavy (non-hydrogen) atoms. The van der Waals surface area contributed by atoms with Crippen LogP contribution in [0.25, 0.3) is 6.08 Å². The lowest BCUT2D eigenvalue weighted by molar-refractivity contribution is 0.888. The zero-order valence-electron chi connectivity index (χ0n) is 8.60. The number of nitrogens with one attached hydrogen (secondary N) is 1. The fourth-order valence-electron chi connectivity index (χ4n) is 1.42. The summed E-state index contributed by atoms with van der Waals surface area (Å²) in [4.78, 5) is 0. The third-order valence-electron chi connectivity index (χ3n) is 2.07. The van der Waals surface area contributed by atoms with Gasteiger partial charge in [-0.1, -0.05) is 25.4 Å². The molecule has 78 valence electrons. The fourth-order valence-corrected chi connectivity index (χ4v) is 1.62. The first-order valence-corrected chi connectivity index (χ1v) is 5.31. The van der Waals surface area contributed by atoms with Crippen LogP contribution in [0.1, 0.15) is 37.2 Å². The maximum atomic E-state index is 5.91. The Hall–Kier alpha value is -0.800. The fraction of sp³-hybridized carbons (Fsp3) is 0.500. The van der Waals surface area contributed by atoms with E-state index in [0.29, 0.717) is 6.54 Å². The lowest BCUT2D eigenvalue weighted by atomic mass is 10.0. The number of fused-ring (bicyclic) bond motifs is 1. The molecule has 0 unspecified atom stereocenters. The first kappa shape index (κ1) is 11.3. The van der Waals surface area contributed by atoms with Gasteiger partial charge in [-0.15, -0.1) is 0 Å². The zero-order valence-corrected chi connectivity index (χ0v) is 9.36. The summed E-state index contributed by atoms with van der Waals surface area (Å²) in [6.07, 6.45) is 3.80. The van der Waals surface area contributed by atoms with Crippen LogP contribution in [-0.2, 0) is 13.0 Å². The van der Waals surface area contributed by atoms with Gasteiger partial charge in [0.15, 0.2) is 0 Å². The van der Waals surface area contributed by atoms with Crippen molar-refractivity contribution in [3.63, 3.8) is 0 Å². The van der Waals surface area contributed by atoms with Crippen molar-refractivity contribution in [2.24, 2.45) is 5.73 Å². The van der Waals surface area contributed by atoms with E-state index < -0.39 is 0 Å². The van der Waals surface area contributed by atoms with Crippen molar-refractivity contribution in [2.45, 2.75) is 33.2 Å². The molecule has 1 heterocycles. The van der Waals surface area contributed by atoms with Crippen LogP contribution >= 0.6 is 11.6 Å². The molecule has 1 aliphatic rings. The van der Waals surface area contributed by atoms with Crippen molar-refractivity contribution >= 4 is 17.7 Å². The van der Waals surface area contributed by atoms with Gasteiger partial charge in [0.25, 0.3) is 0 Å². The summed E-state index contributed by atoms with van der Waals surface area (Å²) in [5.41, 5.74) is 8.66. The van der Waals surface area contributed by atoms with Crippen LogP contribution in [0.4, 0.5) is 0 Å². The van der Waals surface area contributed by atoms with Crippen molar-refractivity contribution in [3.8, 4) is 0 Å². The summed E-state index contributed by atoms with van der Waals surface area (Å²) in [7, 11) is 0. The van der Waals surface area contributed by atoms with E-state index in [2.05, 4.69) is 10.2 Å². The highest BCUT2D eigenvalue weighted by atomic mass is 35.5. The normalized spacial score (nSPS) is 13.9. The number of aromatic amines is 1. The topological polar surface area (TPSA) is 54.7 Å². The SMILES string of the molecule is CC.NCc1n[nH]c2c1C=C(Cl)CC2. The van der Waals surface area contributed by atoms with Gasteiger partial charge in [0.05, 0.1) is 5.69 Å². The van der Waals surface area contributed by atoms with E-state index in [0.717, 1.165) is 34.8 Å². The van der Waals surface area contributed by atoms with Gasteiger partial charge >= 0.3 is 0 Å². The number of rotatable bonds is 1. The minimum atomic E-state index is 0.465. The van der Waals surface area contributed by atoms with Crippen LogP contribution in [0.15, 0.2) is 5.03 Å². The third-order valence-corrected chi connectivity index (χ3v) is 2.37. The second-order valence-corrected chi connectivity index (χ2v) is 3.34. The second kappa shape index (κ2) is 5.17. The monoisotopic (exact) mass is 213 g/mol. The van der Waals surface area contributed by atoms with Crippen LogP contribution in [0.2, 0.25) is 0 Å². The molecule has 0 bridgehead atoms. The molecule has 0 atom stereocenters. The first-order chi connectivity index (χ1) is 6.81. The Bertz CT molecular complexity index is 328. The van der Waals surface area contributed by atoms with Crippen molar-refractivity contribution in [1.29, 1.82) is 0 Å². The number of aromatic nitrogens is 2. The molecule has 3 N–H and O–H groups in total. The van der Waals surface area contributed by atoms with Gasteiger partial charge in [-0.2, -0.15) is 5.10 Å². The van der Waals surface area contributed by atoms with Gasteiger partial charge in [0.1, 0.15) is 0 Å². The van der Waals surface area contributed by atoms with Gasteiger partial charge in [-0.05, 0) is 18.9 Å². The molecule has 4 heteroatoms. The summed E-state index contributed by atoms with van der Waals surface area (Å²) < 4.78 is 0. The lowest BCUT2D eigenvalue weighted by Crippen LogP contribution is -2.01. The largest absolute Gasteiger partial charge is 0.325 e. The first-order valence-electron chi connectivity index (χ1n) is 4.93. The molecule has 2 rings (SSSR count). The Morgan fingerprint density at radius 1 is 1.50 bits per heavy atom. The summed E-state index contributed by atoms with van der Waals surface area (Å²) in [5.74, 6) is 0. The highest BCUT2D eigenvalue weighted by Gasteiger charge is 2.14. The highest BCUT2D eigenvalue weighted by molar-refractivity contribution is 6.31. The molecule has 1 aromatic heterocycles. The minimum Gasteiger partial charge on any atom is -0.325 e. The predicted octanol–water partition coefficient (Wildman–Crippen LogP) is 2.42. The Kier molecular flexibility index (Phi) is 4.17. The van der Waals surface area contributed by atoms with E-state index in [4.69, 9.17) is 17.3 Å². The molecular weight excluding hydrogens is 198 g/mol. The quantitative estimate of drug-likeness (QED) is 0.753. The molecule has 0 fully saturated rings. The Morgan fingerprint density at radius 3 is 2.86 bits per heavy atom. The average molecular weight is 214 g/mol. The molecule has 1 aliphatic carbocycles. The lowest BCUT2D eigenvalue weighted by Gasteiger charge is -2.07. The van der Waals surface area contributed by atoms with E-state index in [1.54, 1.807) is 0 Å². The number of aryl methyl sites for hydroxylation is 1. The minimum absolute atomic E-state index is 0.465. The summed E-state index contributed by atoms with van der Waals surface area (Å²) in [6, 6.07) is 0. The number of halogens is 1. The molecular formula is C10H16ClN3. The standard InChI is InChI=1S/C8H10ClN3.C2H6/c9-5-1-2-7-6(3-5)8(4-10)12-11-7;1-2/h3H,1-2,4,10H2,(H,11,12);1-2H3. The van der Waals surface area contributed by atoms with Crippen LogP contribution in [0, 0.1) is 0 Å². The van der Waals surface area contributed by atoms with E-state index >= 15 is 0 Å². The van der Waals surface area contributed by atoms with Crippen molar-refractivity contribution in [3.05, 3.63) is 22.0 Å². The Morgan fingerprint density at radius 2 is 2.21 bits per heavy atom. The van der Waals surface area contributed by atoms with Gasteiger partial charge in [0.2, 0.25) is 0 Å². The van der Waals surface area contributed by atoms with E-state index in [1.807, 2.05) is 19.9 Å². The number of nitrogens with zero attached hydrogens (tertiary/aromatic N) is 1. The molecule has 3 nitrogen and oxygen atoms in total. The van der Waals surface area contributed by atoms with Gasteiger partial charge in [-0.25, -0.2) is 0 Å². The van der Waals surface area contributed by atoms with Crippen molar-refractivity contribution in [1.82, 2.24) is 10.2 Å². The van der Waals surface area contributed by atoms with Gasteiger partial charge in [0, 0.05) is 22.8 Å². The number of hydrogen-bond acceptors (Lipinski definition) is 2. The molecule has 0 aromatic carbocycles. The molecule has 0 radical (unpaired) electrons. The maximum absolute atomic E-state index is 5.91. The summed E-state index contributed by atoms with van der Waals surface area (Å²) >= 11 is 5.91. The summed E-state index contributed by atoms with van der Waals surface area (Å²) in [6.45, 7) is 4.46. The molecule has 0 amide bonds. The highest BCUT2D eigenvalue weighted by Crippen LogP contribution is 2.26. The maximum Gasteiger partial charge on any atom is 0.0833 e. The number of nitrogens with two attached hydrogens (primary N) is 1. The zero-order chi connectivity index (χ0) is 10.6. The average Bonchev–Trinajstić information content (AvgIpc) is 2.63. The van der Waals surface area contributed by atoms with E-state index in [-0.39, 0.29) is 0 Å². The number of hydrogen-bond donors (Lipinski definition) is 2. The molecule has 0 spiro atoms. The Labute approximate surface area is 89.3 Å². The van der Waals surface area contributed by atoms with Gasteiger partial charge < -0.3 is 5.73 Å². The number of H-pyrrole nitrogens is 1. The van der Waals surface area contributed by atoms with E-state index in [9.17, 15) is 0 Å². The van der Waals surface area contributed by atoms with Gasteiger partial charge in [-0.3, -0.25) is 5.10 Å². The van der Waals surface area contributed by atoms with Crippen LogP contribution < -0.4 is 5.73 Å². The third kappa shape index (κ3) is 2.16. The second-order valence-electron chi connectivity index (χ2n) is 2.86. The number of allylic oxidation sites excluding steroid dienone is 1. The molecule has 1 aromatic rings. The predicted molar refractivity (Wildman–Crippen MR) is 60.0 cm³/mol. The van der Waals surface area contributed by atoms with Crippen LogP contribution in [0.5, 0.6) is 0 Å². The molecule has 0 aliphatic heterocycles. The van der Waals surface area contributed by atoms with E-state index in [1.165, 1.54) is 0 Å². The summed E-state index contributed by atoms with van der Waals surface area (Å²) in [5, 5.41) is 7.95.